The molecule has 0 fully saturated rings. The number of aromatic nitrogens is 3. The number of nitrogens with zero attached hydrogens (tertiary/aromatic N) is 2. The second-order valence-electron chi connectivity index (χ2n) is 7.59. The van der Waals surface area contributed by atoms with Crippen molar-refractivity contribution < 1.29 is 4.74 Å². The Morgan fingerprint density at radius 1 is 1.04 bits per heavy atom. The fraction of sp³-hybridized carbons (Fsp3) is 0.333. The van der Waals surface area contributed by atoms with E-state index in [1.807, 2.05) is 43.3 Å². The largest absolute Gasteiger partial charge is 0.486 e. The molecular weight excluding hydrogens is 324 g/mol. The summed E-state index contributed by atoms with van der Waals surface area (Å²) >= 11 is 0. The highest BCUT2D eigenvalue weighted by atomic mass is 16.5. The summed E-state index contributed by atoms with van der Waals surface area (Å²) in [6.07, 6.45) is 0. The van der Waals surface area contributed by atoms with Gasteiger partial charge < -0.3 is 10.5 Å². The molecule has 3 aromatic rings. The van der Waals surface area contributed by atoms with Gasteiger partial charge >= 0.3 is 0 Å². The molecule has 0 aliphatic heterocycles. The van der Waals surface area contributed by atoms with E-state index in [-0.39, 0.29) is 11.5 Å². The van der Waals surface area contributed by atoms with Gasteiger partial charge in [-0.15, -0.1) is 0 Å². The Morgan fingerprint density at radius 3 is 2.31 bits per heavy atom. The minimum Gasteiger partial charge on any atom is -0.486 e. The molecule has 3 N–H and O–H groups in total. The van der Waals surface area contributed by atoms with Gasteiger partial charge in [-0.1, -0.05) is 62.7 Å². The molecule has 0 unspecified atom stereocenters. The molecule has 0 saturated heterocycles. The third kappa shape index (κ3) is 4.29. The lowest BCUT2D eigenvalue weighted by molar-refractivity contribution is 0.296. The molecule has 0 radical (unpaired) electrons. The van der Waals surface area contributed by atoms with Crippen molar-refractivity contribution in [1.29, 1.82) is 0 Å². The van der Waals surface area contributed by atoms with E-state index in [4.69, 9.17) is 10.5 Å². The molecule has 5 heteroatoms. The smallest absolute Gasteiger partial charge is 0.172 e. The maximum Gasteiger partial charge on any atom is 0.172 e. The van der Waals surface area contributed by atoms with Crippen molar-refractivity contribution in [1.82, 2.24) is 15.2 Å². The molecule has 5 nitrogen and oxygen atoms in total. The summed E-state index contributed by atoms with van der Waals surface area (Å²) in [6.45, 7) is 8.94. The molecule has 2 aromatic carbocycles. The summed E-state index contributed by atoms with van der Waals surface area (Å²) in [4.78, 5) is 4.46. The molecule has 1 aromatic heterocycles. The van der Waals surface area contributed by atoms with Crippen LogP contribution in [0.25, 0.3) is 0 Å². The van der Waals surface area contributed by atoms with Crippen molar-refractivity contribution in [2.45, 2.75) is 45.8 Å². The zero-order chi connectivity index (χ0) is 18.7. The van der Waals surface area contributed by atoms with Crippen LogP contribution in [0.2, 0.25) is 0 Å². The third-order valence-corrected chi connectivity index (χ3v) is 4.36. The predicted octanol–water partition coefficient (Wildman–Crippen LogP) is 4.04. The number of aromatic amines is 1. The first-order valence-electron chi connectivity index (χ1n) is 8.79. The fourth-order valence-electron chi connectivity index (χ4n) is 2.64. The molecule has 0 bridgehead atoms. The number of nitrogens with one attached hydrogen (secondary N) is 1. The summed E-state index contributed by atoms with van der Waals surface area (Å²) in [5.41, 5.74) is 9.84. The Hall–Kier alpha value is -2.66. The van der Waals surface area contributed by atoms with Crippen LogP contribution in [0.1, 0.15) is 55.2 Å². The summed E-state index contributed by atoms with van der Waals surface area (Å²) < 4.78 is 5.80. The van der Waals surface area contributed by atoms with Crippen molar-refractivity contribution in [3.63, 3.8) is 0 Å². The molecule has 136 valence electrons. The van der Waals surface area contributed by atoms with Gasteiger partial charge in [0.2, 0.25) is 0 Å². The number of hydrogen-bond acceptors (Lipinski definition) is 4. The van der Waals surface area contributed by atoms with E-state index in [1.54, 1.807) is 0 Å². The van der Waals surface area contributed by atoms with E-state index >= 15 is 0 Å². The van der Waals surface area contributed by atoms with Crippen LogP contribution >= 0.6 is 0 Å². The number of H-pyrrole nitrogens is 1. The molecular formula is C21H26N4O. The highest BCUT2D eigenvalue weighted by Crippen LogP contribution is 2.24. The standard InChI is InChI=1S/C21H26N4O/c1-14-5-7-15(8-6-14)19(22)20-23-18(24-25-20)13-26-17-11-9-16(10-12-17)21(2,3)4/h5-12,19H,13,22H2,1-4H3,(H,23,24,25)/t19-/m1/s1. The van der Waals surface area contributed by atoms with Gasteiger partial charge in [-0.25, -0.2) is 4.98 Å². The van der Waals surface area contributed by atoms with E-state index in [2.05, 4.69) is 48.1 Å². The lowest BCUT2D eigenvalue weighted by Gasteiger charge is -2.19. The van der Waals surface area contributed by atoms with Crippen LogP contribution in [0.4, 0.5) is 0 Å². The zero-order valence-corrected chi connectivity index (χ0v) is 15.8. The van der Waals surface area contributed by atoms with Gasteiger partial charge in [0.05, 0.1) is 6.04 Å². The van der Waals surface area contributed by atoms with Crippen molar-refractivity contribution in [2.24, 2.45) is 5.73 Å². The van der Waals surface area contributed by atoms with Crippen LogP contribution in [-0.2, 0) is 12.0 Å². The molecule has 0 amide bonds. The Bertz CT molecular complexity index is 845. The number of nitrogens with two attached hydrogens (primary N) is 1. The van der Waals surface area contributed by atoms with Gasteiger partial charge in [0.15, 0.2) is 11.6 Å². The Morgan fingerprint density at radius 2 is 1.69 bits per heavy atom. The van der Waals surface area contributed by atoms with E-state index in [1.165, 1.54) is 11.1 Å². The van der Waals surface area contributed by atoms with Crippen LogP contribution in [0.5, 0.6) is 5.75 Å². The summed E-state index contributed by atoms with van der Waals surface area (Å²) in [5, 5.41) is 7.14. The van der Waals surface area contributed by atoms with Gasteiger partial charge in [-0.05, 0) is 35.6 Å². The Kier molecular flexibility index (Phi) is 5.09. The number of rotatable bonds is 5. The first kappa shape index (κ1) is 18.1. The van der Waals surface area contributed by atoms with E-state index in [9.17, 15) is 0 Å². The van der Waals surface area contributed by atoms with Crippen LogP contribution in [-0.4, -0.2) is 15.2 Å². The average Bonchev–Trinajstić information content (AvgIpc) is 3.08. The number of ether oxygens (including phenoxy) is 1. The molecule has 1 atom stereocenters. The van der Waals surface area contributed by atoms with Crippen LogP contribution in [0, 0.1) is 6.92 Å². The maximum absolute atomic E-state index is 6.26. The SMILES string of the molecule is Cc1ccc([C@@H](N)c2n[nH]c(COc3ccc(C(C)(C)C)cc3)n2)cc1. The number of benzene rings is 2. The van der Waals surface area contributed by atoms with Gasteiger partial charge in [-0.2, -0.15) is 5.10 Å². The quantitative estimate of drug-likeness (QED) is 0.728. The Balaban J connectivity index is 1.62. The van der Waals surface area contributed by atoms with Gasteiger partial charge in [-0.3, -0.25) is 5.10 Å². The fourth-order valence-corrected chi connectivity index (χ4v) is 2.64. The molecule has 26 heavy (non-hydrogen) atoms. The normalized spacial score (nSPS) is 12.8. The van der Waals surface area contributed by atoms with Gasteiger partial charge in [0.25, 0.3) is 0 Å². The average molecular weight is 350 g/mol. The van der Waals surface area contributed by atoms with E-state index in [0.29, 0.717) is 18.3 Å². The lowest BCUT2D eigenvalue weighted by atomic mass is 9.87. The predicted molar refractivity (Wildman–Crippen MR) is 103 cm³/mol. The minimum atomic E-state index is -0.355. The van der Waals surface area contributed by atoms with Crippen LogP contribution in [0.15, 0.2) is 48.5 Å². The third-order valence-electron chi connectivity index (χ3n) is 4.36. The molecule has 0 aliphatic carbocycles. The van der Waals surface area contributed by atoms with E-state index in [0.717, 1.165) is 11.3 Å². The highest BCUT2D eigenvalue weighted by molar-refractivity contribution is 5.31. The first-order valence-corrected chi connectivity index (χ1v) is 8.79. The molecule has 0 aliphatic rings. The molecule has 3 rings (SSSR count). The summed E-state index contributed by atoms with van der Waals surface area (Å²) in [6, 6.07) is 15.9. The van der Waals surface area contributed by atoms with Crippen molar-refractivity contribution in [2.75, 3.05) is 0 Å². The van der Waals surface area contributed by atoms with Crippen molar-refractivity contribution in [3.05, 3.63) is 76.9 Å². The first-order chi connectivity index (χ1) is 12.3. The Labute approximate surface area is 154 Å². The second-order valence-corrected chi connectivity index (χ2v) is 7.59. The summed E-state index contributed by atoms with van der Waals surface area (Å²) in [5.74, 6) is 2.02. The number of hydrogen-bond donors (Lipinski definition) is 2. The minimum absolute atomic E-state index is 0.129. The number of aryl methyl sites for hydroxylation is 1. The van der Waals surface area contributed by atoms with Crippen LogP contribution in [0.3, 0.4) is 0 Å². The van der Waals surface area contributed by atoms with Gasteiger partial charge in [0.1, 0.15) is 12.4 Å². The highest BCUT2D eigenvalue weighted by Gasteiger charge is 2.15. The van der Waals surface area contributed by atoms with E-state index < -0.39 is 0 Å². The molecule has 1 heterocycles. The maximum atomic E-state index is 6.26. The zero-order valence-electron chi connectivity index (χ0n) is 15.8. The van der Waals surface area contributed by atoms with Crippen LogP contribution < -0.4 is 10.5 Å². The van der Waals surface area contributed by atoms with Crippen molar-refractivity contribution >= 4 is 0 Å². The van der Waals surface area contributed by atoms with Gasteiger partial charge in [0, 0.05) is 0 Å². The summed E-state index contributed by atoms with van der Waals surface area (Å²) in [7, 11) is 0. The molecule has 0 saturated carbocycles. The second kappa shape index (κ2) is 7.30. The van der Waals surface area contributed by atoms with Crippen molar-refractivity contribution in [3.8, 4) is 5.75 Å². The topological polar surface area (TPSA) is 76.8 Å². The lowest BCUT2D eigenvalue weighted by Crippen LogP contribution is -2.13. The monoisotopic (exact) mass is 350 g/mol. The molecule has 0 spiro atoms.